The zero-order chi connectivity index (χ0) is 18.5. The van der Waals surface area contributed by atoms with Crippen molar-refractivity contribution >= 4 is 17.2 Å². The van der Waals surface area contributed by atoms with Gasteiger partial charge in [0.2, 0.25) is 0 Å². The summed E-state index contributed by atoms with van der Waals surface area (Å²) in [7, 11) is 1.69. The fourth-order valence-electron chi connectivity index (χ4n) is 2.90. The number of pyridine rings is 1. The molecule has 0 aliphatic carbocycles. The summed E-state index contributed by atoms with van der Waals surface area (Å²) in [4.78, 5) is 19.3. The van der Waals surface area contributed by atoms with Gasteiger partial charge in [0.1, 0.15) is 5.65 Å². The largest absolute Gasteiger partial charge is 0.383 e. The Morgan fingerprint density at radius 2 is 1.96 bits per heavy atom. The van der Waals surface area contributed by atoms with E-state index in [-0.39, 0.29) is 5.56 Å². The summed E-state index contributed by atoms with van der Waals surface area (Å²) in [6.45, 7) is 4.62. The summed E-state index contributed by atoms with van der Waals surface area (Å²) in [5.74, 6) is 0. The minimum atomic E-state index is -0.0631. The van der Waals surface area contributed by atoms with Crippen LogP contribution in [0.15, 0.2) is 53.5 Å². The highest BCUT2D eigenvalue weighted by Gasteiger charge is 2.11. The van der Waals surface area contributed by atoms with Gasteiger partial charge in [0, 0.05) is 44.0 Å². The lowest BCUT2D eigenvalue weighted by Crippen LogP contribution is -2.28. The molecule has 26 heavy (non-hydrogen) atoms. The van der Waals surface area contributed by atoms with Crippen LogP contribution in [0.1, 0.15) is 16.8 Å². The Kier molecular flexibility index (Phi) is 6.04. The van der Waals surface area contributed by atoms with Gasteiger partial charge < -0.3 is 4.74 Å². The van der Waals surface area contributed by atoms with E-state index in [9.17, 15) is 4.79 Å². The summed E-state index contributed by atoms with van der Waals surface area (Å²) in [5.41, 5.74) is 3.53. The zero-order valence-corrected chi connectivity index (χ0v) is 15.7. The molecular formula is C20H22ClN3O2. The second-order valence-electron chi connectivity index (χ2n) is 6.30. The summed E-state index contributed by atoms with van der Waals surface area (Å²) in [6, 6.07) is 13.2. The molecular weight excluding hydrogens is 350 g/mol. The Morgan fingerprint density at radius 1 is 1.19 bits per heavy atom. The van der Waals surface area contributed by atoms with Crippen LogP contribution in [0.4, 0.5) is 0 Å². The molecule has 3 rings (SSSR count). The maximum atomic E-state index is 12.4. The van der Waals surface area contributed by atoms with E-state index in [4.69, 9.17) is 21.3 Å². The Labute approximate surface area is 157 Å². The van der Waals surface area contributed by atoms with Crippen molar-refractivity contribution in [3.8, 4) is 0 Å². The van der Waals surface area contributed by atoms with Crippen molar-refractivity contribution < 1.29 is 4.74 Å². The van der Waals surface area contributed by atoms with E-state index in [1.807, 2.05) is 43.3 Å². The van der Waals surface area contributed by atoms with Gasteiger partial charge in [0.25, 0.3) is 5.56 Å². The fourth-order valence-corrected chi connectivity index (χ4v) is 3.03. The number of benzene rings is 1. The number of methoxy groups -OCH3 is 1. The van der Waals surface area contributed by atoms with Crippen LogP contribution < -0.4 is 5.56 Å². The molecule has 1 aromatic carbocycles. The minimum absolute atomic E-state index is 0.0631. The normalized spacial score (nSPS) is 11.4. The lowest BCUT2D eigenvalue weighted by molar-refractivity contribution is 0.139. The monoisotopic (exact) mass is 371 g/mol. The van der Waals surface area contributed by atoms with Crippen LogP contribution in [0, 0.1) is 6.92 Å². The zero-order valence-electron chi connectivity index (χ0n) is 15.0. The van der Waals surface area contributed by atoms with Gasteiger partial charge in [-0.15, -0.1) is 0 Å². The first-order valence-corrected chi connectivity index (χ1v) is 8.88. The number of nitrogens with zero attached hydrogens (tertiary/aromatic N) is 3. The molecule has 0 saturated heterocycles. The van der Waals surface area contributed by atoms with E-state index in [0.29, 0.717) is 18.8 Å². The lowest BCUT2D eigenvalue weighted by Gasteiger charge is -2.22. The molecule has 0 aliphatic rings. The van der Waals surface area contributed by atoms with Gasteiger partial charge in [0.05, 0.1) is 12.3 Å². The first-order valence-electron chi connectivity index (χ1n) is 8.50. The molecule has 0 saturated carbocycles. The maximum absolute atomic E-state index is 12.4. The maximum Gasteiger partial charge on any atom is 0.258 e. The smallest absolute Gasteiger partial charge is 0.258 e. The van der Waals surface area contributed by atoms with Crippen molar-refractivity contribution in [1.82, 2.24) is 14.3 Å². The number of hydrogen-bond donors (Lipinski definition) is 0. The lowest BCUT2D eigenvalue weighted by atomic mass is 10.2. The van der Waals surface area contributed by atoms with Gasteiger partial charge >= 0.3 is 0 Å². The van der Waals surface area contributed by atoms with Crippen molar-refractivity contribution in [2.45, 2.75) is 20.0 Å². The molecule has 136 valence electrons. The Bertz CT molecular complexity index is 938. The Morgan fingerprint density at radius 3 is 2.69 bits per heavy atom. The SMILES string of the molecule is COCCN(Cc1ccc(Cl)cc1)Cc1cc(=O)n2cccc(C)c2n1. The first-order chi connectivity index (χ1) is 12.6. The molecule has 0 unspecified atom stereocenters. The van der Waals surface area contributed by atoms with Crippen molar-refractivity contribution in [2.75, 3.05) is 20.3 Å². The highest BCUT2D eigenvalue weighted by molar-refractivity contribution is 6.30. The third kappa shape index (κ3) is 4.49. The Hall–Kier alpha value is -2.21. The van der Waals surface area contributed by atoms with Crippen LogP contribution in [-0.2, 0) is 17.8 Å². The van der Waals surface area contributed by atoms with Crippen LogP contribution in [0.3, 0.4) is 0 Å². The van der Waals surface area contributed by atoms with Gasteiger partial charge in [-0.25, -0.2) is 4.98 Å². The third-order valence-electron chi connectivity index (χ3n) is 4.26. The molecule has 0 radical (unpaired) electrons. The molecule has 0 spiro atoms. The van der Waals surface area contributed by atoms with E-state index in [1.165, 1.54) is 0 Å². The summed E-state index contributed by atoms with van der Waals surface area (Å²) in [6.07, 6.45) is 1.75. The van der Waals surface area contributed by atoms with Crippen molar-refractivity contribution in [3.05, 3.63) is 80.9 Å². The molecule has 0 N–H and O–H groups in total. The molecule has 6 heteroatoms. The summed E-state index contributed by atoms with van der Waals surface area (Å²) in [5, 5.41) is 0.719. The minimum Gasteiger partial charge on any atom is -0.383 e. The van der Waals surface area contributed by atoms with E-state index in [0.717, 1.165) is 34.9 Å². The number of ether oxygens (including phenoxy) is 1. The van der Waals surface area contributed by atoms with Gasteiger partial charge in [-0.2, -0.15) is 0 Å². The van der Waals surface area contributed by atoms with Crippen molar-refractivity contribution in [2.24, 2.45) is 0 Å². The van der Waals surface area contributed by atoms with Crippen LogP contribution in [0.2, 0.25) is 5.02 Å². The van der Waals surface area contributed by atoms with Gasteiger partial charge in [0.15, 0.2) is 0 Å². The number of aromatic nitrogens is 2. The summed E-state index contributed by atoms with van der Waals surface area (Å²) >= 11 is 5.97. The molecule has 2 heterocycles. The van der Waals surface area contributed by atoms with E-state index >= 15 is 0 Å². The number of fused-ring (bicyclic) bond motifs is 1. The molecule has 0 bridgehead atoms. The Balaban J connectivity index is 1.86. The molecule has 0 aliphatic heterocycles. The highest BCUT2D eigenvalue weighted by Crippen LogP contribution is 2.13. The molecule has 3 aromatic rings. The second kappa shape index (κ2) is 8.45. The summed E-state index contributed by atoms with van der Waals surface area (Å²) < 4.78 is 6.81. The van der Waals surface area contributed by atoms with Crippen LogP contribution >= 0.6 is 11.6 Å². The van der Waals surface area contributed by atoms with Crippen LogP contribution in [-0.4, -0.2) is 34.5 Å². The molecule has 5 nitrogen and oxygen atoms in total. The van der Waals surface area contributed by atoms with Gasteiger partial charge in [-0.3, -0.25) is 14.1 Å². The molecule has 0 fully saturated rings. The number of aryl methyl sites for hydroxylation is 1. The van der Waals surface area contributed by atoms with Crippen molar-refractivity contribution in [3.63, 3.8) is 0 Å². The van der Waals surface area contributed by atoms with E-state index in [2.05, 4.69) is 4.90 Å². The highest BCUT2D eigenvalue weighted by atomic mass is 35.5. The molecule has 0 atom stereocenters. The van der Waals surface area contributed by atoms with Gasteiger partial charge in [-0.1, -0.05) is 29.8 Å². The third-order valence-corrected chi connectivity index (χ3v) is 4.51. The topological polar surface area (TPSA) is 46.8 Å². The van der Waals surface area contributed by atoms with Crippen molar-refractivity contribution in [1.29, 1.82) is 0 Å². The van der Waals surface area contributed by atoms with Gasteiger partial charge in [-0.05, 0) is 36.2 Å². The van der Waals surface area contributed by atoms with E-state index < -0.39 is 0 Å². The number of hydrogen-bond acceptors (Lipinski definition) is 4. The first kappa shape index (κ1) is 18.6. The fraction of sp³-hybridized carbons (Fsp3) is 0.300. The number of rotatable bonds is 7. The quantitative estimate of drug-likeness (QED) is 0.639. The standard InChI is InChI=1S/C20H22ClN3O2/c1-15-4-3-9-24-19(25)12-18(22-20(15)24)14-23(10-11-26-2)13-16-5-7-17(21)8-6-16/h3-9,12H,10-11,13-14H2,1-2H3. The van der Waals surface area contributed by atoms with Crippen LogP contribution in [0.5, 0.6) is 0 Å². The predicted octanol–water partition coefficient (Wildman–Crippen LogP) is 3.30. The average Bonchev–Trinajstić information content (AvgIpc) is 2.62. The molecule has 2 aromatic heterocycles. The number of halogens is 1. The average molecular weight is 372 g/mol. The van der Waals surface area contributed by atoms with Crippen LogP contribution in [0.25, 0.3) is 5.65 Å². The molecule has 0 amide bonds. The van der Waals surface area contributed by atoms with E-state index in [1.54, 1.807) is 23.8 Å². The second-order valence-corrected chi connectivity index (χ2v) is 6.74. The predicted molar refractivity (Wildman–Crippen MR) is 104 cm³/mol.